The summed E-state index contributed by atoms with van der Waals surface area (Å²) in [6.07, 6.45) is 3.68. The van der Waals surface area contributed by atoms with Gasteiger partial charge < -0.3 is 15.0 Å². The van der Waals surface area contributed by atoms with Gasteiger partial charge in [-0.05, 0) is 19.4 Å². The van der Waals surface area contributed by atoms with Gasteiger partial charge in [0.1, 0.15) is 0 Å². The van der Waals surface area contributed by atoms with E-state index < -0.39 is 0 Å². The summed E-state index contributed by atoms with van der Waals surface area (Å²) in [7, 11) is 3.66. The molecule has 1 aromatic rings. The van der Waals surface area contributed by atoms with Crippen molar-refractivity contribution in [3.05, 3.63) is 22.6 Å². The van der Waals surface area contributed by atoms with Gasteiger partial charge in [0.2, 0.25) is 0 Å². The quantitative estimate of drug-likeness (QED) is 0.641. The number of aromatic nitrogens is 2. The van der Waals surface area contributed by atoms with Crippen LogP contribution in [0.1, 0.15) is 19.8 Å². The van der Waals surface area contributed by atoms with Gasteiger partial charge in [-0.3, -0.25) is 4.79 Å². The van der Waals surface area contributed by atoms with E-state index >= 15 is 0 Å². The molecule has 0 saturated carbocycles. The fourth-order valence-electron chi connectivity index (χ4n) is 1.92. The summed E-state index contributed by atoms with van der Waals surface area (Å²) >= 11 is 0. The molecule has 0 aliphatic heterocycles. The molecule has 1 rings (SSSR count). The molecular weight excluding hydrogens is 256 g/mol. The Morgan fingerprint density at radius 2 is 2.25 bits per heavy atom. The Bertz CT molecular complexity index is 433. The molecule has 0 atom stereocenters. The smallest absolute Gasteiger partial charge is 0.268 e. The molecule has 0 bridgehead atoms. The minimum Gasteiger partial charge on any atom is -0.383 e. The van der Waals surface area contributed by atoms with Crippen LogP contribution in [0.5, 0.6) is 0 Å². The topological polar surface area (TPSA) is 59.4 Å². The predicted molar refractivity (Wildman–Crippen MR) is 81.4 cm³/mol. The van der Waals surface area contributed by atoms with Gasteiger partial charge in [0.25, 0.3) is 5.56 Å². The lowest BCUT2D eigenvalue weighted by atomic mass is 10.3. The molecule has 0 radical (unpaired) electrons. The standard InChI is InChI=1S/C14H26N4O2/c1-4-8-17(2)13-11-14(19)18(16-12-13)9-5-6-15-7-10-20-3/h11-12,15H,4-10H2,1-3H3. The van der Waals surface area contributed by atoms with E-state index in [4.69, 9.17) is 4.74 Å². The molecular formula is C14H26N4O2. The van der Waals surface area contributed by atoms with Crippen LogP contribution in [-0.4, -0.2) is 50.2 Å². The van der Waals surface area contributed by atoms with E-state index in [2.05, 4.69) is 17.3 Å². The average Bonchev–Trinajstić information content (AvgIpc) is 2.44. The monoisotopic (exact) mass is 282 g/mol. The van der Waals surface area contributed by atoms with Crippen LogP contribution in [0.2, 0.25) is 0 Å². The first kappa shape index (κ1) is 16.7. The highest BCUT2D eigenvalue weighted by Gasteiger charge is 2.03. The Hall–Kier alpha value is -1.40. The SMILES string of the molecule is CCCN(C)c1cnn(CCCNCCOC)c(=O)c1. The zero-order chi connectivity index (χ0) is 14.8. The normalized spacial score (nSPS) is 10.8. The van der Waals surface area contributed by atoms with E-state index in [0.29, 0.717) is 13.2 Å². The van der Waals surface area contributed by atoms with Crippen molar-refractivity contribution in [2.45, 2.75) is 26.3 Å². The molecule has 0 aliphatic rings. The van der Waals surface area contributed by atoms with Gasteiger partial charge in [-0.2, -0.15) is 5.10 Å². The molecule has 114 valence electrons. The summed E-state index contributed by atoms with van der Waals surface area (Å²) in [6.45, 7) is 6.07. The highest BCUT2D eigenvalue weighted by Crippen LogP contribution is 2.06. The maximum atomic E-state index is 11.9. The van der Waals surface area contributed by atoms with Crippen molar-refractivity contribution in [1.29, 1.82) is 0 Å². The zero-order valence-corrected chi connectivity index (χ0v) is 12.8. The minimum atomic E-state index is -0.0395. The minimum absolute atomic E-state index is 0.0395. The van der Waals surface area contributed by atoms with Crippen molar-refractivity contribution >= 4 is 5.69 Å². The molecule has 0 amide bonds. The molecule has 0 aromatic carbocycles. The molecule has 1 aromatic heterocycles. The van der Waals surface area contributed by atoms with E-state index in [9.17, 15) is 4.79 Å². The van der Waals surface area contributed by atoms with Crippen molar-refractivity contribution < 1.29 is 4.74 Å². The molecule has 1 N–H and O–H groups in total. The van der Waals surface area contributed by atoms with E-state index in [1.807, 2.05) is 11.9 Å². The average molecular weight is 282 g/mol. The van der Waals surface area contributed by atoms with Crippen LogP contribution >= 0.6 is 0 Å². The van der Waals surface area contributed by atoms with Gasteiger partial charge in [0, 0.05) is 39.9 Å². The van der Waals surface area contributed by atoms with E-state index in [-0.39, 0.29) is 5.56 Å². The van der Waals surface area contributed by atoms with Crippen molar-refractivity contribution in [2.24, 2.45) is 0 Å². The third kappa shape index (κ3) is 5.71. The lowest BCUT2D eigenvalue weighted by Crippen LogP contribution is -2.28. The first-order chi connectivity index (χ1) is 9.69. The van der Waals surface area contributed by atoms with E-state index in [1.165, 1.54) is 4.68 Å². The fourth-order valence-corrected chi connectivity index (χ4v) is 1.92. The molecule has 0 unspecified atom stereocenters. The molecule has 20 heavy (non-hydrogen) atoms. The summed E-state index contributed by atoms with van der Waals surface area (Å²) in [6, 6.07) is 1.65. The van der Waals surface area contributed by atoms with Gasteiger partial charge in [-0.15, -0.1) is 0 Å². The highest BCUT2D eigenvalue weighted by atomic mass is 16.5. The molecule has 0 saturated heterocycles. The van der Waals surface area contributed by atoms with Crippen molar-refractivity contribution in [1.82, 2.24) is 15.1 Å². The van der Waals surface area contributed by atoms with Crippen molar-refractivity contribution in [2.75, 3.05) is 45.3 Å². The number of rotatable bonds is 10. The second-order valence-corrected chi connectivity index (χ2v) is 4.79. The zero-order valence-electron chi connectivity index (χ0n) is 12.8. The lowest BCUT2D eigenvalue weighted by molar-refractivity contribution is 0.199. The Balaban J connectivity index is 2.42. The Kier molecular flexibility index (Phi) is 7.91. The summed E-state index contributed by atoms with van der Waals surface area (Å²) in [4.78, 5) is 14.0. The molecule has 6 nitrogen and oxygen atoms in total. The molecule has 6 heteroatoms. The fraction of sp³-hybridized carbons (Fsp3) is 0.714. The van der Waals surface area contributed by atoms with Crippen LogP contribution in [-0.2, 0) is 11.3 Å². The van der Waals surface area contributed by atoms with Gasteiger partial charge >= 0.3 is 0 Å². The molecule has 1 heterocycles. The van der Waals surface area contributed by atoms with E-state index in [1.54, 1.807) is 19.4 Å². The molecule has 0 aliphatic carbocycles. The number of hydrogen-bond acceptors (Lipinski definition) is 5. The second-order valence-electron chi connectivity index (χ2n) is 4.79. The maximum absolute atomic E-state index is 11.9. The van der Waals surface area contributed by atoms with Crippen LogP contribution in [0.3, 0.4) is 0 Å². The first-order valence-corrected chi connectivity index (χ1v) is 7.17. The van der Waals surface area contributed by atoms with Gasteiger partial charge in [-0.1, -0.05) is 6.92 Å². The molecule has 0 spiro atoms. The lowest BCUT2D eigenvalue weighted by Gasteiger charge is -2.17. The van der Waals surface area contributed by atoms with Crippen LogP contribution < -0.4 is 15.8 Å². The first-order valence-electron chi connectivity index (χ1n) is 7.17. The largest absolute Gasteiger partial charge is 0.383 e. The Morgan fingerprint density at radius 1 is 1.45 bits per heavy atom. The second kappa shape index (κ2) is 9.50. The van der Waals surface area contributed by atoms with Gasteiger partial charge in [0.05, 0.1) is 18.5 Å². The molecule has 0 fully saturated rings. The van der Waals surface area contributed by atoms with Crippen molar-refractivity contribution in [3.8, 4) is 0 Å². The third-order valence-electron chi connectivity index (χ3n) is 3.06. The Morgan fingerprint density at radius 3 is 2.90 bits per heavy atom. The third-order valence-corrected chi connectivity index (χ3v) is 3.06. The number of aryl methyl sites for hydroxylation is 1. The van der Waals surface area contributed by atoms with Crippen LogP contribution in [0, 0.1) is 0 Å². The van der Waals surface area contributed by atoms with E-state index in [0.717, 1.165) is 38.2 Å². The van der Waals surface area contributed by atoms with Crippen LogP contribution in [0.15, 0.2) is 17.1 Å². The number of nitrogens with one attached hydrogen (secondary N) is 1. The van der Waals surface area contributed by atoms with Crippen molar-refractivity contribution in [3.63, 3.8) is 0 Å². The van der Waals surface area contributed by atoms with Crippen LogP contribution in [0.25, 0.3) is 0 Å². The summed E-state index contributed by atoms with van der Waals surface area (Å²) in [5.74, 6) is 0. The number of ether oxygens (including phenoxy) is 1. The number of nitrogens with zero attached hydrogens (tertiary/aromatic N) is 3. The van der Waals surface area contributed by atoms with Gasteiger partial charge in [-0.25, -0.2) is 4.68 Å². The highest BCUT2D eigenvalue weighted by molar-refractivity contribution is 5.41. The maximum Gasteiger partial charge on any atom is 0.268 e. The Labute approximate surface area is 120 Å². The number of anilines is 1. The predicted octanol–water partition coefficient (Wildman–Crippen LogP) is 0.716. The van der Waals surface area contributed by atoms with Gasteiger partial charge in [0.15, 0.2) is 0 Å². The van der Waals surface area contributed by atoms with Crippen LogP contribution in [0.4, 0.5) is 5.69 Å². The summed E-state index contributed by atoms with van der Waals surface area (Å²) in [5, 5.41) is 7.47. The summed E-state index contributed by atoms with van der Waals surface area (Å²) < 4.78 is 6.46. The number of hydrogen-bond donors (Lipinski definition) is 1. The summed E-state index contributed by atoms with van der Waals surface area (Å²) in [5.41, 5.74) is 0.841. The number of methoxy groups -OCH3 is 1.